The van der Waals surface area contributed by atoms with E-state index < -0.39 is 0 Å². The fraction of sp³-hybridized carbons (Fsp3) is 0.400. The number of rotatable bonds is 1. The summed E-state index contributed by atoms with van der Waals surface area (Å²) in [7, 11) is 0. The van der Waals surface area contributed by atoms with Crippen molar-refractivity contribution in [3.05, 3.63) is 33.8 Å². The maximum atomic E-state index is 5.94. The lowest BCUT2D eigenvalue weighted by molar-refractivity contribution is 0.237. The van der Waals surface area contributed by atoms with E-state index in [2.05, 4.69) is 12.2 Å². The van der Waals surface area contributed by atoms with Crippen molar-refractivity contribution in [1.82, 2.24) is 5.32 Å². The molecule has 1 aliphatic heterocycles. The Hall–Kier alpha value is -0.240. The Morgan fingerprint density at radius 1 is 1.31 bits per heavy atom. The molecule has 1 N–H and O–H groups in total. The first kappa shape index (κ1) is 9.32. The Morgan fingerprint density at radius 2 is 2.00 bits per heavy atom. The van der Waals surface area contributed by atoms with E-state index >= 15 is 0 Å². The van der Waals surface area contributed by atoms with Gasteiger partial charge in [0.15, 0.2) is 0 Å². The summed E-state index contributed by atoms with van der Waals surface area (Å²) in [6.07, 6.45) is 1.16. The third-order valence-electron chi connectivity index (χ3n) is 2.70. The van der Waals surface area contributed by atoms with E-state index in [-0.39, 0.29) is 5.54 Å². The number of nitrogens with one attached hydrogen (secondary N) is 1. The van der Waals surface area contributed by atoms with Crippen molar-refractivity contribution >= 4 is 23.2 Å². The Balaban J connectivity index is 2.36. The molecule has 1 saturated heterocycles. The van der Waals surface area contributed by atoms with Crippen LogP contribution in [0.4, 0.5) is 0 Å². The third kappa shape index (κ3) is 1.56. The summed E-state index contributed by atoms with van der Waals surface area (Å²) < 4.78 is 0. The van der Waals surface area contributed by atoms with Crippen LogP contribution in [0.1, 0.15) is 18.9 Å². The van der Waals surface area contributed by atoms with E-state index in [1.54, 1.807) is 0 Å². The van der Waals surface area contributed by atoms with Crippen molar-refractivity contribution in [1.29, 1.82) is 0 Å². The molecule has 0 amide bonds. The topological polar surface area (TPSA) is 12.0 Å². The summed E-state index contributed by atoms with van der Waals surface area (Å²) >= 11 is 11.8. The summed E-state index contributed by atoms with van der Waals surface area (Å²) in [6, 6.07) is 5.82. The van der Waals surface area contributed by atoms with Crippen LogP contribution in [0.2, 0.25) is 10.0 Å². The predicted octanol–water partition coefficient (Wildman–Crippen LogP) is 3.20. The molecular formula is C10H11Cl2N. The fourth-order valence-electron chi connectivity index (χ4n) is 1.59. The number of hydrogen-bond donors (Lipinski definition) is 1. The van der Waals surface area contributed by atoms with Gasteiger partial charge in [-0.2, -0.15) is 0 Å². The molecule has 1 heterocycles. The average Bonchev–Trinajstić information content (AvgIpc) is 2.06. The smallest absolute Gasteiger partial charge is 0.0595 e. The number of halogens is 2. The first-order valence-corrected chi connectivity index (χ1v) is 5.08. The predicted molar refractivity (Wildman–Crippen MR) is 56.4 cm³/mol. The van der Waals surface area contributed by atoms with Crippen LogP contribution in [0.5, 0.6) is 0 Å². The van der Waals surface area contributed by atoms with Gasteiger partial charge < -0.3 is 5.32 Å². The lowest BCUT2D eigenvalue weighted by Gasteiger charge is -2.40. The normalized spacial score (nSPS) is 27.0. The SMILES string of the molecule is CC1(c2ccc(Cl)c(Cl)c2)CCN1. The van der Waals surface area contributed by atoms with Crippen LogP contribution in [0.25, 0.3) is 0 Å². The van der Waals surface area contributed by atoms with Gasteiger partial charge >= 0.3 is 0 Å². The Labute approximate surface area is 88.0 Å². The Kier molecular flexibility index (Phi) is 2.26. The summed E-state index contributed by atoms with van der Waals surface area (Å²) in [4.78, 5) is 0. The highest BCUT2D eigenvalue weighted by Gasteiger charge is 2.32. The van der Waals surface area contributed by atoms with Gasteiger partial charge in [0.1, 0.15) is 0 Å². The van der Waals surface area contributed by atoms with E-state index in [9.17, 15) is 0 Å². The molecule has 1 aromatic rings. The summed E-state index contributed by atoms with van der Waals surface area (Å²) in [5, 5.41) is 4.64. The monoisotopic (exact) mass is 215 g/mol. The van der Waals surface area contributed by atoms with E-state index in [4.69, 9.17) is 23.2 Å². The van der Waals surface area contributed by atoms with Crippen LogP contribution < -0.4 is 5.32 Å². The van der Waals surface area contributed by atoms with Crippen LogP contribution in [-0.4, -0.2) is 6.54 Å². The van der Waals surface area contributed by atoms with E-state index in [1.165, 1.54) is 5.56 Å². The maximum absolute atomic E-state index is 5.94. The lowest BCUT2D eigenvalue weighted by Crippen LogP contribution is -2.51. The first-order chi connectivity index (χ1) is 6.12. The lowest BCUT2D eigenvalue weighted by atomic mass is 9.83. The molecular weight excluding hydrogens is 205 g/mol. The largest absolute Gasteiger partial charge is 0.307 e. The molecule has 70 valence electrons. The van der Waals surface area contributed by atoms with Gasteiger partial charge in [-0.1, -0.05) is 29.3 Å². The van der Waals surface area contributed by atoms with Gasteiger partial charge in [-0.05, 0) is 37.6 Å². The van der Waals surface area contributed by atoms with Crippen LogP contribution >= 0.6 is 23.2 Å². The van der Waals surface area contributed by atoms with Crippen molar-refractivity contribution in [3.8, 4) is 0 Å². The molecule has 1 unspecified atom stereocenters. The molecule has 13 heavy (non-hydrogen) atoms. The molecule has 1 nitrogen and oxygen atoms in total. The minimum Gasteiger partial charge on any atom is -0.307 e. The molecule has 3 heteroatoms. The van der Waals surface area contributed by atoms with Crippen molar-refractivity contribution in [3.63, 3.8) is 0 Å². The van der Waals surface area contributed by atoms with Crippen LogP contribution in [0.15, 0.2) is 18.2 Å². The Morgan fingerprint density at radius 3 is 2.46 bits per heavy atom. The van der Waals surface area contributed by atoms with Gasteiger partial charge in [-0.25, -0.2) is 0 Å². The molecule has 1 aliphatic rings. The van der Waals surface area contributed by atoms with E-state index in [1.807, 2.05) is 18.2 Å². The third-order valence-corrected chi connectivity index (χ3v) is 3.44. The van der Waals surface area contributed by atoms with Gasteiger partial charge in [0.05, 0.1) is 10.0 Å². The van der Waals surface area contributed by atoms with Crippen molar-refractivity contribution < 1.29 is 0 Å². The Bertz CT molecular complexity index is 332. The highest BCUT2D eigenvalue weighted by Crippen LogP contribution is 2.34. The van der Waals surface area contributed by atoms with Crippen molar-refractivity contribution in [2.75, 3.05) is 6.54 Å². The first-order valence-electron chi connectivity index (χ1n) is 4.32. The molecule has 0 spiro atoms. The molecule has 0 saturated carbocycles. The molecule has 2 rings (SSSR count). The molecule has 1 atom stereocenters. The second-order valence-electron chi connectivity index (χ2n) is 3.64. The second kappa shape index (κ2) is 3.16. The van der Waals surface area contributed by atoms with E-state index in [0.29, 0.717) is 10.0 Å². The van der Waals surface area contributed by atoms with E-state index in [0.717, 1.165) is 13.0 Å². The van der Waals surface area contributed by atoms with Gasteiger partial charge in [0.2, 0.25) is 0 Å². The summed E-state index contributed by atoms with van der Waals surface area (Å²) in [5.74, 6) is 0. The molecule has 0 aromatic heterocycles. The molecule has 1 aromatic carbocycles. The highest BCUT2D eigenvalue weighted by atomic mass is 35.5. The zero-order valence-corrected chi connectivity index (χ0v) is 8.91. The van der Waals surface area contributed by atoms with Gasteiger partial charge in [-0.3, -0.25) is 0 Å². The minimum atomic E-state index is 0.105. The van der Waals surface area contributed by atoms with Gasteiger partial charge in [0, 0.05) is 5.54 Å². The van der Waals surface area contributed by atoms with Crippen LogP contribution in [0.3, 0.4) is 0 Å². The fourth-order valence-corrected chi connectivity index (χ4v) is 1.88. The van der Waals surface area contributed by atoms with Gasteiger partial charge in [0.25, 0.3) is 0 Å². The average molecular weight is 216 g/mol. The van der Waals surface area contributed by atoms with Crippen molar-refractivity contribution in [2.45, 2.75) is 18.9 Å². The summed E-state index contributed by atoms with van der Waals surface area (Å²) in [6.45, 7) is 3.26. The maximum Gasteiger partial charge on any atom is 0.0595 e. The quantitative estimate of drug-likeness (QED) is 0.760. The second-order valence-corrected chi connectivity index (χ2v) is 4.45. The highest BCUT2D eigenvalue weighted by molar-refractivity contribution is 6.42. The zero-order valence-electron chi connectivity index (χ0n) is 7.40. The number of hydrogen-bond acceptors (Lipinski definition) is 1. The molecule has 1 fully saturated rings. The molecule has 0 aliphatic carbocycles. The van der Waals surface area contributed by atoms with Gasteiger partial charge in [-0.15, -0.1) is 0 Å². The standard InChI is InChI=1S/C10H11Cl2N/c1-10(4-5-13-10)7-2-3-8(11)9(12)6-7/h2-3,6,13H,4-5H2,1H3. The molecule has 0 radical (unpaired) electrons. The molecule has 0 bridgehead atoms. The summed E-state index contributed by atoms with van der Waals surface area (Å²) in [5.41, 5.74) is 1.32. The number of benzene rings is 1. The minimum absolute atomic E-state index is 0.105. The van der Waals surface area contributed by atoms with Crippen molar-refractivity contribution in [2.24, 2.45) is 0 Å². The van der Waals surface area contributed by atoms with Crippen LogP contribution in [0, 0.1) is 0 Å². The zero-order chi connectivity index (χ0) is 9.47. The van der Waals surface area contributed by atoms with Crippen LogP contribution in [-0.2, 0) is 5.54 Å².